The molecule has 0 amide bonds. The third-order valence-corrected chi connectivity index (χ3v) is 2.66. The largest absolute Gasteiger partial charge is 0.469 e. The van der Waals surface area contributed by atoms with E-state index in [-0.39, 0.29) is 5.97 Å². The van der Waals surface area contributed by atoms with Crippen LogP contribution in [0.1, 0.15) is 6.42 Å². The topological polar surface area (TPSA) is 38.3 Å². The molecule has 2 aromatic rings. The zero-order valence-corrected chi connectivity index (χ0v) is 9.77. The molecule has 0 fully saturated rings. The second kappa shape index (κ2) is 5.34. The van der Waals surface area contributed by atoms with Crippen molar-refractivity contribution in [3.63, 3.8) is 0 Å². The van der Waals surface area contributed by atoms with Crippen LogP contribution in [0.2, 0.25) is 0 Å². The van der Waals surface area contributed by atoms with E-state index in [9.17, 15) is 4.79 Å². The Hall–Kier alpha value is -2.03. The number of hydrogen-bond acceptors (Lipinski definition) is 3. The molecule has 88 valence electrons. The van der Waals surface area contributed by atoms with Crippen molar-refractivity contribution in [2.75, 3.05) is 19.0 Å². The van der Waals surface area contributed by atoms with E-state index in [2.05, 4.69) is 28.3 Å². The molecule has 17 heavy (non-hydrogen) atoms. The first kappa shape index (κ1) is 11.5. The minimum absolute atomic E-state index is 0.197. The van der Waals surface area contributed by atoms with E-state index in [4.69, 9.17) is 0 Å². The average molecular weight is 229 g/mol. The molecule has 0 unspecified atom stereocenters. The van der Waals surface area contributed by atoms with Crippen molar-refractivity contribution in [2.24, 2.45) is 0 Å². The second-order valence-corrected chi connectivity index (χ2v) is 3.78. The molecule has 0 heterocycles. The van der Waals surface area contributed by atoms with E-state index >= 15 is 0 Å². The highest BCUT2D eigenvalue weighted by atomic mass is 16.5. The number of carbonyl (C=O) groups is 1. The van der Waals surface area contributed by atoms with Gasteiger partial charge in [-0.2, -0.15) is 0 Å². The Balaban J connectivity index is 2.11. The van der Waals surface area contributed by atoms with Crippen molar-refractivity contribution in [3.8, 4) is 0 Å². The molecule has 1 N–H and O–H groups in total. The maximum Gasteiger partial charge on any atom is 0.307 e. The van der Waals surface area contributed by atoms with Gasteiger partial charge in [0.05, 0.1) is 13.5 Å². The minimum atomic E-state index is -0.197. The van der Waals surface area contributed by atoms with Crippen LogP contribution in [0, 0.1) is 0 Å². The lowest BCUT2D eigenvalue weighted by atomic mass is 10.1. The molecule has 0 aliphatic heterocycles. The molecule has 3 heteroatoms. The molecule has 0 bridgehead atoms. The maximum atomic E-state index is 11.0. The van der Waals surface area contributed by atoms with Gasteiger partial charge in [-0.15, -0.1) is 0 Å². The van der Waals surface area contributed by atoms with Crippen molar-refractivity contribution in [3.05, 3.63) is 42.5 Å². The molecule has 2 aromatic carbocycles. The lowest BCUT2D eigenvalue weighted by Gasteiger charge is -2.08. The normalized spacial score (nSPS) is 10.2. The molecule has 0 saturated heterocycles. The van der Waals surface area contributed by atoms with E-state index in [0.717, 1.165) is 5.69 Å². The fraction of sp³-hybridized carbons (Fsp3) is 0.214. The number of anilines is 1. The fourth-order valence-electron chi connectivity index (χ4n) is 1.78. The van der Waals surface area contributed by atoms with Gasteiger partial charge in [-0.25, -0.2) is 0 Å². The van der Waals surface area contributed by atoms with Gasteiger partial charge in [0.2, 0.25) is 0 Å². The summed E-state index contributed by atoms with van der Waals surface area (Å²) in [5.74, 6) is -0.197. The van der Waals surface area contributed by atoms with E-state index in [1.54, 1.807) is 0 Å². The zero-order valence-electron chi connectivity index (χ0n) is 9.77. The monoisotopic (exact) mass is 229 g/mol. The van der Waals surface area contributed by atoms with Crippen LogP contribution in [0.15, 0.2) is 42.5 Å². The fourth-order valence-corrected chi connectivity index (χ4v) is 1.78. The molecule has 3 nitrogen and oxygen atoms in total. The number of esters is 1. The van der Waals surface area contributed by atoms with Crippen LogP contribution in [0.25, 0.3) is 10.8 Å². The van der Waals surface area contributed by atoms with Gasteiger partial charge in [0.15, 0.2) is 0 Å². The van der Waals surface area contributed by atoms with Crippen LogP contribution in [0.3, 0.4) is 0 Å². The predicted octanol–water partition coefficient (Wildman–Crippen LogP) is 2.81. The van der Waals surface area contributed by atoms with Gasteiger partial charge in [-0.05, 0) is 11.5 Å². The van der Waals surface area contributed by atoms with Crippen molar-refractivity contribution >= 4 is 22.4 Å². The Labute approximate surface area is 100 Å². The summed E-state index contributed by atoms with van der Waals surface area (Å²) in [6, 6.07) is 14.2. The van der Waals surface area contributed by atoms with Crippen LogP contribution in [-0.4, -0.2) is 19.6 Å². The highest BCUT2D eigenvalue weighted by molar-refractivity contribution is 5.93. The summed E-state index contributed by atoms with van der Waals surface area (Å²) in [6.07, 6.45) is 0.375. The average Bonchev–Trinajstić information content (AvgIpc) is 2.39. The van der Waals surface area contributed by atoms with E-state index in [0.29, 0.717) is 13.0 Å². The summed E-state index contributed by atoms with van der Waals surface area (Å²) in [7, 11) is 1.40. The first-order valence-corrected chi connectivity index (χ1v) is 5.59. The summed E-state index contributed by atoms with van der Waals surface area (Å²) in [4.78, 5) is 11.0. The summed E-state index contributed by atoms with van der Waals surface area (Å²) in [6.45, 7) is 0.584. The molecule has 0 saturated carbocycles. The highest BCUT2D eigenvalue weighted by Crippen LogP contribution is 2.22. The molecular weight excluding hydrogens is 214 g/mol. The molecule has 0 radical (unpaired) electrons. The standard InChI is InChI=1S/C14H15NO2/c1-17-14(16)9-10-15-13-8-4-6-11-5-2-3-7-12(11)13/h2-8,15H,9-10H2,1H3. The van der Waals surface area contributed by atoms with Gasteiger partial charge >= 0.3 is 5.97 Å². The number of benzene rings is 2. The molecule has 0 spiro atoms. The Bertz CT molecular complexity index is 517. The molecule has 0 aromatic heterocycles. The molecule has 2 rings (SSSR count). The lowest BCUT2D eigenvalue weighted by molar-refractivity contribution is -0.140. The molecule has 0 aliphatic carbocycles. The molecular formula is C14H15NO2. The Kier molecular flexibility index (Phi) is 3.60. The molecule has 0 aliphatic rings. The summed E-state index contributed by atoms with van der Waals surface area (Å²) >= 11 is 0. The first-order chi connectivity index (χ1) is 8.31. The highest BCUT2D eigenvalue weighted by Gasteiger charge is 2.02. The third kappa shape index (κ3) is 2.75. The number of rotatable bonds is 4. The van der Waals surface area contributed by atoms with Crippen molar-refractivity contribution in [1.82, 2.24) is 0 Å². The lowest BCUT2D eigenvalue weighted by Crippen LogP contribution is -2.09. The van der Waals surface area contributed by atoms with Crippen LogP contribution in [0.4, 0.5) is 5.69 Å². The Morgan fingerprint density at radius 1 is 1.18 bits per heavy atom. The van der Waals surface area contributed by atoms with Gasteiger partial charge in [0.25, 0.3) is 0 Å². The Morgan fingerprint density at radius 2 is 1.94 bits per heavy atom. The maximum absolute atomic E-state index is 11.0. The van der Waals surface area contributed by atoms with Crippen molar-refractivity contribution in [1.29, 1.82) is 0 Å². The van der Waals surface area contributed by atoms with Gasteiger partial charge in [-0.1, -0.05) is 36.4 Å². The molecule has 0 atom stereocenters. The van der Waals surface area contributed by atoms with Crippen LogP contribution >= 0.6 is 0 Å². The number of methoxy groups -OCH3 is 1. The smallest absolute Gasteiger partial charge is 0.307 e. The number of carbonyl (C=O) groups excluding carboxylic acids is 1. The summed E-state index contributed by atoms with van der Waals surface area (Å²) in [5.41, 5.74) is 1.05. The van der Waals surface area contributed by atoms with Crippen molar-refractivity contribution in [2.45, 2.75) is 6.42 Å². The third-order valence-electron chi connectivity index (χ3n) is 2.66. The number of fused-ring (bicyclic) bond motifs is 1. The van der Waals surface area contributed by atoms with Crippen LogP contribution < -0.4 is 5.32 Å². The van der Waals surface area contributed by atoms with E-state index < -0.39 is 0 Å². The number of ether oxygens (including phenoxy) is 1. The predicted molar refractivity (Wildman–Crippen MR) is 69.1 cm³/mol. The first-order valence-electron chi connectivity index (χ1n) is 5.59. The van der Waals surface area contributed by atoms with Crippen molar-refractivity contribution < 1.29 is 9.53 Å². The second-order valence-electron chi connectivity index (χ2n) is 3.78. The number of hydrogen-bond donors (Lipinski definition) is 1. The van der Waals surface area contributed by atoms with Gasteiger partial charge < -0.3 is 10.1 Å². The minimum Gasteiger partial charge on any atom is -0.469 e. The summed E-state index contributed by atoms with van der Waals surface area (Å²) in [5, 5.41) is 5.61. The van der Waals surface area contributed by atoms with E-state index in [1.165, 1.54) is 17.9 Å². The van der Waals surface area contributed by atoms with Gasteiger partial charge in [-0.3, -0.25) is 4.79 Å². The number of nitrogens with one attached hydrogen (secondary N) is 1. The van der Waals surface area contributed by atoms with Crippen LogP contribution in [0.5, 0.6) is 0 Å². The van der Waals surface area contributed by atoms with Crippen LogP contribution in [-0.2, 0) is 9.53 Å². The zero-order chi connectivity index (χ0) is 12.1. The SMILES string of the molecule is COC(=O)CCNc1cccc2ccccc12. The Morgan fingerprint density at radius 3 is 2.76 bits per heavy atom. The van der Waals surface area contributed by atoms with Gasteiger partial charge in [0, 0.05) is 17.6 Å². The summed E-state index contributed by atoms with van der Waals surface area (Å²) < 4.78 is 4.60. The van der Waals surface area contributed by atoms with Gasteiger partial charge in [0.1, 0.15) is 0 Å². The quantitative estimate of drug-likeness (QED) is 0.819. The van der Waals surface area contributed by atoms with E-state index in [1.807, 2.05) is 24.3 Å².